The number of hydrogen-bond acceptors (Lipinski definition) is 2. The lowest BCUT2D eigenvalue weighted by atomic mass is 10.1. The first-order valence-electron chi connectivity index (χ1n) is 8.37. The largest absolute Gasteiger partial charge is 0.346 e. The van der Waals surface area contributed by atoms with Crippen LogP contribution in [0.4, 0.5) is 0 Å². The fourth-order valence-corrected chi connectivity index (χ4v) is 3.46. The number of aromatic amines is 1. The summed E-state index contributed by atoms with van der Waals surface area (Å²) in [6.45, 7) is 0. The van der Waals surface area contributed by atoms with Crippen LogP contribution in [-0.4, -0.2) is 15.5 Å². The van der Waals surface area contributed by atoms with Gasteiger partial charge in [0, 0.05) is 13.1 Å². The number of carbonyl (C=O) groups is 1. The van der Waals surface area contributed by atoms with Gasteiger partial charge in [-0.05, 0) is 47.7 Å². The Labute approximate surface area is 145 Å². The highest BCUT2D eigenvalue weighted by molar-refractivity contribution is 5.92. The van der Waals surface area contributed by atoms with Crippen molar-refractivity contribution in [3.8, 4) is 0 Å². The standard InChI is InChI=1S/C20H19N3O2/c1-23-18-10-6-13(12-17(18)22-20(23)25)7-11-19(24)21-16-9-8-14-4-2-3-5-15(14)16/h2-7,10-12,16H,8-9H2,1H3,(H,21,24)(H,22,25)/b11-7+. The zero-order chi connectivity index (χ0) is 17.4. The number of nitrogens with one attached hydrogen (secondary N) is 2. The van der Waals surface area contributed by atoms with E-state index >= 15 is 0 Å². The van der Waals surface area contributed by atoms with Gasteiger partial charge in [-0.3, -0.25) is 9.36 Å². The summed E-state index contributed by atoms with van der Waals surface area (Å²) < 4.78 is 1.56. The molecular formula is C20H19N3O2. The molecule has 1 aliphatic rings. The molecular weight excluding hydrogens is 314 g/mol. The molecule has 0 bridgehead atoms. The Morgan fingerprint density at radius 1 is 1.28 bits per heavy atom. The average Bonchev–Trinajstić information content (AvgIpc) is 3.14. The van der Waals surface area contributed by atoms with Crippen LogP contribution in [0.5, 0.6) is 0 Å². The van der Waals surface area contributed by atoms with Gasteiger partial charge in [-0.15, -0.1) is 0 Å². The van der Waals surface area contributed by atoms with Crippen LogP contribution in [0.1, 0.15) is 29.2 Å². The fourth-order valence-electron chi connectivity index (χ4n) is 3.46. The van der Waals surface area contributed by atoms with E-state index in [4.69, 9.17) is 0 Å². The van der Waals surface area contributed by atoms with Crippen LogP contribution in [0, 0.1) is 0 Å². The molecule has 2 N–H and O–H groups in total. The number of H-pyrrole nitrogens is 1. The molecule has 1 amide bonds. The van der Waals surface area contributed by atoms with E-state index in [-0.39, 0.29) is 17.6 Å². The van der Waals surface area contributed by atoms with Crippen LogP contribution >= 0.6 is 0 Å². The first-order valence-corrected chi connectivity index (χ1v) is 8.37. The highest BCUT2D eigenvalue weighted by Gasteiger charge is 2.22. The van der Waals surface area contributed by atoms with Gasteiger partial charge in [0.2, 0.25) is 5.91 Å². The average molecular weight is 333 g/mol. The summed E-state index contributed by atoms with van der Waals surface area (Å²) in [5, 5.41) is 3.07. The number of amides is 1. The van der Waals surface area contributed by atoms with E-state index in [0.717, 1.165) is 29.4 Å². The van der Waals surface area contributed by atoms with Gasteiger partial charge in [0.05, 0.1) is 17.1 Å². The minimum absolute atomic E-state index is 0.0845. The molecule has 5 nitrogen and oxygen atoms in total. The number of fused-ring (bicyclic) bond motifs is 2. The van der Waals surface area contributed by atoms with Crippen molar-refractivity contribution in [3.63, 3.8) is 0 Å². The molecule has 126 valence electrons. The minimum Gasteiger partial charge on any atom is -0.346 e. The molecule has 1 heterocycles. The summed E-state index contributed by atoms with van der Waals surface area (Å²) in [4.78, 5) is 26.7. The van der Waals surface area contributed by atoms with Crippen molar-refractivity contribution in [1.82, 2.24) is 14.9 Å². The zero-order valence-corrected chi connectivity index (χ0v) is 14.0. The molecule has 0 aliphatic heterocycles. The third-order valence-electron chi connectivity index (χ3n) is 4.80. The van der Waals surface area contributed by atoms with Crippen molar-refractivity contribution in [2.24, 2.45) is 7.05 Å². The van der Waals surface area contributed by atoms with E-state index in [0.29, 0.717) is 0 Å². The second-order valence-corrected chi connectivity index (χ2v) is 6.40. The van der Waals surface area contributed by atoms with E-state index in [2.05, 4.69) is 22.4 Å². The van der Waals surface area contributed by atoms with Crippen molar-refractivity contribution < 1.29 is 4.79 Å². The number of hydrogen-bond donors (Lipinski definition) is 2. The number of nitrogens with zero attached hydrogens (tertiary/aromatic N) is 1. The fraction of sp³-hybridized carbons (Fsp3) is 0.200. The van der Waals surface area contributed by atoms with E-state index in [1.807, 2.05) is 30.3 Å². The number of aromatic nitrogens is 2. The third kappa shape index (κ3) is 2.89. The first kappa shape index (κ1) is 15.4. The number of imidazole rings is 1. The van der Waals surface area contributed by atoms with Crippen LogP contribution in [0.15, 0.2) is 53.3 Å². The lowest BCUT2D eigenvalue weighted by Gasteiger charge is -2.12. The Hall–Kier alpha value is -3.08. The summed E-state index contributed by atoms with van der Waals surface area (Å²) in [7, 11) is 1.73. The van der Waals surface area contributed by atoms with Crippen LogP contribution in [-0.2, 0) is 18.3 Å². The SMILES string of the molecule is Cn1c(=O)[nH]c2cc(/C=C/C(=O)NC3CCc4ccccc43)ccc21. The lowest BCUT2D eigenvalue weighted by Crippen LogP contribution is -2.25. The Bertz CT molecular complexity index is 1040. The zero-order valence-electron chi connectivity index (χ0n) is 14.0. The van der Waals surface area contributed by atoms with Gasteiger partial charge in [0.15, 0.2) is 0 Å². The van der Waals surface area contributed by atoms with Crippen molar-refractivity contribution in [1.29, 1.82) is 0 Å². The maximum atomic E-state index is 12.2. The Morgan fingerprint density at radius 2 is 2.12 bits per heavy atom. The summed E-state index contributed by atoms with van der Waals surface area (Å²) in [6.07, 6.45) is 5.25. The van der Waals surface area contributed by atoms with E-state index in [1.54, 1.807) is 23.8 Å². The molecule has 25 heavy (non-hydrogen) atoms. The maximum absolute atomic E-state index is 12.2. The monoisotopic (exact) mass is 333 g/mol. The van der Waals surface area contributed by atoms with Crippen LogP contribution in [0.2, 0.25) is 0 Å². The molecule has 0 radical (unpaired) electrons. The second-order valence-electron chi connectivity index (χ2n) is 6.40. The van der Waals surface area contributed by atoms with Gasteiger partial charge >= 0.3 is 5.69 Å². The molecule has 0 saturated carbocycles. The summed E-state index contributed by atoms with van der Waals surface area (Å²) in [6, 6.07) is 14.0. The molecule has 4 rings (SSSR count). The Kier molecular flexibility index (Phi) is 3.76. The molecule has 3 aromatic rings. The first-order chi connectivity index (χ1) is 12.1. The van der Waals surface area contributed by atoms with Crippen LogP contribution in [0.3, 0.4) is 0 Å². The quantitative estimate of drug-likeness (QED) is 0.724. The molecule has 1 aromatic heterocycles. The Morgan fingerprint density at radius 3 is 3.00 bits per heavy atom. The van der Waals surface area contributed by atoms with E-state index in [1.165, 1.54) is 11.1 Å². The van der Waals surface area contributed by atoms with Gasteiger partial charge in [0.25, 0.3) is 0 Å². The lowest BCUT2D eigenvalue weighted by molar-refractivity contribution is -0.117. The van der Waals surface area contributed by atoms with Crippen molar-refractivity contribution in [2.45, 2.75) is 18.9 Å². The maximum Gasteiger partial charge on any atom is 0.326 e. The molecule has 1 atom stereocenters. The molecule has 1 aliphatic carbocycles. The number of aryl methyl sites for hydroxylation is 2. The molecule has 5 heteroatoms. The van der Waals surface area contributed by atoms with Crippen molar-refractivity contribution in [3.05, 3.63) is 75.7 Å². The topological polar surface area (TPSA) is 66.9 Å². The van der Waals surface area contributed by atoms with Gasteiger partial charge in [-0.25, -0.2) is 4.79 Å². The molecule has 2 aromatic carbocycles. The summed E-state index contributed by atoms with van der Waals surface area (Å²) in [5.74, 6) is -0.108. The van der Waals surface area contributed by atoms with Gasteiger partial charge in [-0.1, -0.05) is 30.3 Å². The second kappa shape index (κ2) is 6.09. The predicted molar refractivity (Wildman–Crippen MR) is 98.2 cm³/mol. The highest BCUT2D eigenvalue weighted by Crippen LogP contribution is 2.30. The highest BCUT2D eigenvalue weighted by atomic mass is 16.2. The van der Waals surface area contributed by atoms with Crippen molar-refractivity contribution in [2.75, 3.05) is 0 Å². The van der Waals surface area contributed by atoms with Crippen LogP contribution < -0.4 is 11.0 Å². The molecule has 0 saturated heterocycles. The van der Waals surface area contributed by atoms with E-state index in [9.17, 15) is 9.59 Å². The van der Waals surface area contributed by atoms with E-state index < -0.39 is 0 Å². The van der Waals surface area contributed by atoms with Crippen molar-refractivity contribution >= 4 is 23.0 Å². The third-order valence-corrected chi connectivity index (χ3v) is 4.80. The normalized spacial score (nSPS) is 16.4. The summed E-state index contributed by atoms with van der Waals surface area (Å²) in [5.41, 5.74) is 4.86. The van der Waals surface area contributed by atoms with Gasteiger partial charge in [0.1, 0.15) is 0 Å². The summed E-state index contributed by atoms with van der Waals surface area (Å²) >= 11 is 0. The number of benzene rings is 2. The molecule has 1 unspecified atom stereocenters. The van der Waals surface area contributed by atoms with Crippen LogP contribution in [0.25, 0.3) is 17.1 Å². The predicted octanol–water partition coefficient (Wildman–Crippen LogP) is 2.68. The number of carbonyl (C=O) groups excluding carboxylic acids is 1. The smallest absolute Gasteiger partial charge is 0.326 e. The Balaban J connectivity index is 1.48. The molecule has 0 fully saturated rings. The molecule has 0 spiro atoms. The van der Waals surface area contributed by atoms with Gasteiger partial charge < -0.3 is 10.3 Å². The number of rotatable bonds is 3. The van der Waals surface area contributed by atoms with Gasteiger partial charge in [-0.2, -0.15) is 0 Å². The minimum atomic E-state index is -0.145.